The summed E-state index contributed by atoms with van der Waals surface area (Å²) >= 11 is 5.52. The number of hydrogen-bond acceptors (Lipinski definition) is 2. The van der Waals surface area contributed by atoms with Crippen LogP contribution in [0.3, 0.4) is 0 Å². The predicted molar refractivity (Wildman–Crippen MR) is 64.4 cm³/mol. The zero-order chi connectivity index (χ0) is 9.54. The van der Waals surface area contributed by atoms with Crippen molar-refractivity contribution in [3.63, 3.8) is 0 Å². The van der Waals surface area contributed by atoms with Crippen molar-refractivity contribution >= 4 is 38.6 Å². The number of hydrogen-bond donors (Lipinski definition) is 0. The average Bonchev–Trinajstić information content (AvgIpc) is 2.24. The fourth-order valence-corrected chi connectivity index (χ4v) is 3.34. The Labute approximate surface area is 95.0 Å². The highest BCUT2D eigenvalue weighted by molar-refractivity contribution is 9.10. The molecule has 0 bridgehead atoms. The molecule has 3 heteroatoms. The first kappa shape index (κ1) is 8.74. The Morgan fingerprint density at radius 1 is 1.14 bits per heavy atom. The van der Waals surface area contributed by atoms with Gasteiger partial charge in [0.25, 0.3) is 0 Å². The smallest absolute Gasteiger partial charge is 0.0850 e. The Kier molecular flexibility index (Phi) is 2.03. The van der Waals surface area contributed by atoms with Crippen LogP contribution in [-0.2, 0) is 11.5 Å². The second-order valence-corrected chi connectivity index (χ2v) is 5.23. The molecule has 1 aliphatic heterocycles. The van der Waals surface area contributed by atoms with Crippen LogP contribution in [0.15, 0.2) is 28.9 Å². The SMILES string of the molecule is Brc1ccc2c3c(ccnc13)CSC2. The Morgan fingerprint density at radius 3 is 2.79 bits per heavy atom. The van der Waals surface area contributed by atoms with Gasteiger partial charge < -0.3 is 0 Å². The lowest BCUT2D eigenvalue weighted by Gasteiger charge is -2.16. The molecule has 0 radical (unpaired) electrons. The van der Waals surface area contributed by atoms with Gasteiger partial charge in [0, 0.05) is 27.6 Å². The molecule has 1 aromatic heterocycles. The molecule has 0 spiro atoms. The first-order valence-electron chi connectivity index (χ1n) is 4.49. The fourth-order valence-electron chi connectivity index (χ4n) is 1.89. The van der Waals surface area contributed by atoms with Crippen molar-refractivity contribution in [3.8, 4) is 0 Å². The summed E-state index contributed by atoms with van der Waals surface area (Å²) in [6.45, 7) is 0. The van der Waals surface area contributed by atoms with Crippen molar-refractivity contribution in [2.24, 2.45) is 0 Å². The van der Waals surface area contributed by atoms with Gasteiger partial charge in [-0.25, -0.2) is 0 Å². The lowest BCUT2D eigenvalue weighted by Crippen LogP contribution is -1.97. The molecule has 1 aliphatic rings. The Hall–Kier alpha value is -0.540. The van der Waals surface area contributed by atoms with Gasteiger partial charge in [-0.05, 0) is 39.2 Å². The molecule has 0 aliphatic carbocycles. The molecule has 0 fully saturated rings. The van der Waals surface area contributed by atoms with Crippen molar-refractivity contribution in [1.82, 2.24) is 4.98 Å². The molecule has 70 valence electrons. The predicted octanol–water partition coefficient (Wildman–Crippen LogP) is 3.74. The monoisotopic (exact) mass is 265 g/mol. The van der Waals surface area contributed by atoms with E-state index in [4.69, 9.17) is 0 Å². The molecule has 2 heterocycles. The fraction of sp³-hybridized carbons (Fsp3) is 0.182. The molecule has 0 saturated heterocycles. The van der Waals surface area contributed by atoms with Gasteiger partial charge in [-0.1, -0.05) is 6.07 Å². The quantitative estimate of drug-likeness (QED) is 0.720. The molecule has 1 nitrogen and oxygen atoms in total. The van der Waals surface area contributed by atoms with Gasteiger partial charge in [0.2, 0.25) is 0 Å². The van der Waals surface area contributed by atoms with Gasteiger partial charge in [-0.2, -0.15) is 11.8 Å². The third-order valence-corrected chi connectivity index (χ3v) is 4.20. The van der Waals surface area contributed by atoms with Gasteiger partial charge in [0.05, 0.1) is 5.52 Å². The summed E-state index contributed by atoms with van der Waals surface area (Å²) in [4.78, 5) is 4.43. The first-order chi connectivity index (χ1) is 6.86. The largest absolute Gasteiger partial charge is 0.255 e. The van der Waals surface area contributed by atoms with E-state index in [0.717, 1.165) is 21.5 Å². The Morgan fingerprint density at radius 2 is 1.93 bits per heavy atom. The third kappa shape index (κ3) is 1.19. The van der Waals surface area contributed by atoms with Crippen molar-refractivity contribution in [2.45, 2.75) is 11.5 Å². The number of halogens is 1. The van der Waals surface area contributed by atoms with Gasteiger partial charge in [-0.3, -0.25) is 4.98 Å². The zero-order valence-corrected chi connectivity index (χ0v) is 9.86. The van der Waals surface area contributed by atoms with E-state index < -0.39 is 0 Å². The summed E-state index contributed by atoms with van der Waals surface area (Å²) in [5.74, 6) is 2.23. The molecule has 2 aromatic rings. The highest BCUT2D eigenvalue weighted by Gasteiger charge is 2.14. The number of thioether (sulfide) groups is 1. The summed E-state index contributed by atoms with van der Waals surface area (Å²) in [6, 6.07) is 6.43. The zero-order valence-electron chi connectivity index (χ0n) is 7.46. The van der Waals surface area contributed by atoms with Crippen LogP contribution in [0.25, 0.3) is 10.9 Å². The highest BCUT2D eigenvalue weighted by Crippen LogP contribution is 2.35. The number of nitrogens with zero attached hydrogens (tertiary/aromatic N) is 1. The van der Waals surface area contributed by atoms with E-state index >= 15 is 0 Å². The van der Waals surface area contributed by atoms with Crippen molar-refractivity contribution in [2.75, 3.05) is 0 Å². The molecule has 3 rings (SSSR count). The topological polar surface area (TPSA) is 12.9 Å². The van der Waals surface area contributed by atoms with Gasteiger partial charge >= 0.3 is 0 Å². The summed E-state index contributed by atoms with van der Waals surface area (Å²) in [6.07, 6.45) is 1.90. The van der Waals surface area contributed by atoms with Gasteiger partial charge in [-0.15, -0.1) is 0 Å². The number of rotatable bonds is 0. The van der Waals surface area contributed by atoms with Crippen LogP contribution >= 0.6 is 27.7 Å². The van der Waals surface area contributed by atoms with Crippen LogP contribution in [0.5, 0.6) is 0 Å². The Bertz CT molecular complexity index is 500. The normalized spacial score (nSPS) is 14.6. The molecule has 14 heavy (non-hydrogen) atoms. The van der Waals surface area contributed by atoms with Gasteiger partial charge in [0.15, 0.2) is 0 Å². The molecular formula is C11H8BrNS. The number of aromatic nitrogens is 1. The maximum atomic E-state index is 4.43. The summed E-state index contributed by atoms with van der Waals surface area (Å²) in [5.41, 5.74) is 3.95. The molecule has 0 N–H and O–H groups in total. The highest BCUT2D eigenvalue weighted by atomic mass is 79.9. The summed E-state index contributed by atoms with van der Waals surface area (Å²) < 4.78 is 1.10. The minimum absolute atomic E-state index is 1.10. The summed E-state index contributed by atoms with van der Waals surface area (Å²) in [7, 11) is 0. The summed E-state index contributed by atoms with van der Waals surface area (Å²) in [5, 5.41) is 1.36. The standard InChI is InChI=1S/C11H8BrNS/c12-9-2-1-7-5-14-6-8-3-4-13-11(9)10(7)8/h1-4H,5-6H2. The van der Waals surface area contributed by atoms with E-state index in [1.807, 2.05) is 18.0 Å². The van der Waals surface area contributed by atoms with E-state index in [0.29, 0.717) is 0 Å². The van der Waals surface area contributed by atoms with E-state index in [9.17, 15) is 0 Å². The van der Waals surface area contributed by atoms with Crippen molar-refractivity contribution in [3.05, 3.63) is 40.0 Å². The third-order valence-electron chi connectivity index (χ3n) is 2.53. The second kappa shape index (κ2) is 3.24. The minimum atomic E-state index is 1.10. The first-order valence-corrected chi connectivity index (χ1v) is 6.44. The van der Waals surface area contributed by atoms with Crippen LogP contribution in [0.2, 0.25) is 0 Å². The number of pyridine rings is 1. The van der Waals surface area contributed by atoms with Crippen LogP contribution in [-0.4, -0.2) is 4.98 Å². The molecule has 0 atom stereocenters. The maximum absolute atomic E-state index is 4.43. The molecule has 0 saturated carbocycles. The Balaban J connectivity index is 2.51. The molecular weight excluding hydrogens is 258 g/mol. The molecule has 0 unspecified atom stereocenters. The van der Waals surface area contributed by atoms with Crippen LogP contribution in [0.4, 0.5) is 0 Å². The second-order valence-electron chi connectivity index (χ2n) is 3.39. The van der Waals surface area contributed by atoms with Crippen molar-refractivity contribution in [1.29, 1.82) is 0 Å². The van der Waals surface area contributed by atoms with Crippen LogP contribution in [0, 0.1) is 0 Å². The van der Waals surface area contributed by atoms with Crippen molar-refractivity contribution < 1.29 is 0 Å². The maximum Gasteiger partial charge on any atom is 0.0850 e. The molecule has 0 amide bonds. The average molecular weight is 266 g/mol. The van der Waals surface area contributed by atoms with E-state index in [1.54, 1.807) is 0 Å². The molecule has 1 aromatic carbocycles. The van der Waals surface area contributed by atoms with E-state index in [2.05, 4.69) is 39.1 Å². The lowest BCUT2D eigenvalue weighted by molar-refractivity contribution is 1.28. The minimum Gasteiger partial charge on any atom is -0.255 e. The van der Waals surface area contributed by atoms with Crippen LogP contribution < -0.4 is 0 Å². The number of benzene rings is 1. The lowest BCUT2D eigenvalue weighted by atomic mass is 10.0. The van der Waals surface area contributed by atoms with Crippen LogP contribution in [0.1, 0.15) is 11.1 Å². The van der Waals surface area contributed by atoms with E-state index in [-0.39, 0.29) is 0 Å². The van der Waals surface area contributed by atoms with E-state index in [1.165, 1.54) is 16.5 Å². The van der Waals surface area contributed by atoms with Gasteiger partial charge in [0.1, 0.15) is 0 Å².